The lowest BCUT2D eigenvalue weighted by atomic mass is 9.96. The molecule has 0 aliphatic heterocycles. The van der Waals surface area contributed by atoms with Gasteiger partial charge in [0, 0.05) is 25.3 Å². The Balaban J connectivity index is 3.64. The van der Waals surface area contributed by atoms with E-state index in [0.29, 0.717) is 19.4 Å². The smallest absolute Gasteiger partial charge is 0.407 e. The van der Waals surface area contributed by atoms with Crippen molar-refractivity contribution in [2.45, 2.75) is 65.4 Å². The van der Waals surface area contributed by atoms with Gasteiger partial charge in [0.05, 0.1) is 0 Å². The molecule has 20 heavy (non-hydrogen) atoms. The minimum atomic E-state index is -0.470. The summed E-state index contributed by atoms with van der Waals surface area (Å²) >= 11 is 0. The highest BCUT2D eigenvalue weighted by atomic mass is 16.6. The van der Waals surface area contributed by atoms with Crippen molar-refractivity contribution in [1.29, 1.82) is 0 Å². The molecule has 0 saturated heterocycles. The van der Waals surface area contributed by atoms with Crippen LogP contribution in [0.15, 0.2) is 0 Å². The number of carbonyl (C=O) groups is 2. The largest absolute Gasteiger partial charge is 0.444 e. The molecule has 4 nitrogen and oxygen atoms in total. The van der Waals surface area contributed by atoms with Crippen molar-refractivity contribution in [2.75, 3.05) is 6.54 Å². The number of ketones is 1. The molecule has 0 bridgehead atoms. The van der Waals surface area contributed by atoms with E-state index >= 15 is 0 Å². The second-order valence-corrected chi connectivity index (χ2v) is 6.00. The van der Waals surface area contributed by atoms with Crippen LogP contribution in [0.4, 0.5) is 4.79 Å². The summed E-state index contributed by atoms with van der Waals surface area (Å²) in [6.07, 6.45) is 8.30. The number of rotatable bonds is 8. The number of hydrogen-bond donors (Lipinski definition) is 1. The summed E-state index contributed by atoms with van der Waals surface area (Å²) in [6.45, 7) is 7.99. The number of hydrogen-bond acceptors (Lipinski definition) is 3. The van der Waals surface area contributed by atoms with Crippen molar-refractivity contribution in [1.82, 2.24) is 5.32 Å². The fourth-order valence-corrected chi connectivity index (χ4v) is 1.68. The van der Waals surface area contributed by atoms with Crippen LogP contribution in [0.1, 0.15) is 59.8 Å². The third kappa shape index (κ3) is 10.4. The number of amides is 1. The first-order chi connectivity index (χ1) is 9.26. The Kier molecular flexibility index (Phi) is 8.71. The van der Waals surface area contributed by atoms with E-state index in [1.54, 1.807) is 0 Å². The van der Waals surface area contributed by atoms with Crippen LogP contribution in [0.3, 0.4) is 0 Å². The van der Waals surface area contributed by atoms with E-state index in [2.05, 4.69) is 11.2 Å². The van der Waals surface area contributed by atoms with Gasteiger partial charge in [-0.15, -0.1) is 12.3 Å². The van der Waals surface area contributed by atoms with E-state index in [9.17, 15) is 9.59 Å². The van der Waals surface area contributed by atoms with Crippen molar-refractivity contribution < 1.29 is 14.3 Å². The Hall–Kier alpha value is -1.50. The van der Waals surface area contributed by atoms with E-state index in [1.807, 2.05) is 27.7 Å². The van der Waals surface area contributed by atoms with Crippen LogP contribution in [0.2, 0.25) is 0 Å². The highest BCUT2D eigenvalue weighted by molar-refractivity contribution is 5.80. The summed E-state index contributed by atoms with van der Waals surface area (Å²) < 4.78 is 5.12. The minimum absolute atomic E-state index is 0.0462. The number of terminal acetylenes is 1. The third-order valence-corrected chi connectivity index (χ3v) is 2.80. The summed E-state index contributed by atoms with van der Waals surface area (Å²) in [4.78, 5) is 23.0. The molecule has 0 heterocycles. The van der Waals surface area contributed by atoms with Gasteiger partial charge in [0.2, 0.25) is 0 Å². The van der Waals surface area contributed by atoms with Gasteiger partial charge in [0.25, 0.3) is 0 Å². The average Bonchev–Trinajstić information content (AvgIpc) is 2.32. The third-order valence-electron chi connectivity index (χ3n) is 2.80. The molecule has 0 radical (unpaired) electrons. The molecule has 0 saturated carbocycles. The molecule has 0 unspecified atom stereocenters. The summed E-state index contributed by atoms with van der Waals surface area (Å²) in [5.74, 6) is 2.75. The van der Waals surface area contributed by atoms with Crippen LogP contribution < -0.4 is 5.32 Å². The van der Waals surface area contributed by atoms with Crippen LogP contribution >= 0.6 is 0 Å². The number of ether oxygens (including phenoxy) is 1. The molecule has 0 rings (SSSR count). The maximum absolute atomic E-state index is 11.6. The van der Waals surface area contributed by atoms with E-state index in [0.717, 1.165) is 19.3 Å². The van der Waals surface area contributed by atoms with E-state index in [-0.39, 0.29) is 11.7 Å². The van der Waals surface area contributed by atoms with Crippen LogP contribution in [-0.2, 0) is 9.53 Å². The highest BCUT2D eigenvalue weighted by Gasteiger charge is 2.15. The fourth-order valence-electron chi connectivity index (χ4n) is 1.68. The van der Waals surface area contributed by atoms with Gasteiger partial charge in [-0.2, -0.15) is 0 Å². The number of nitrogens with one attached hydrogen (secondary N) is 1. The molecule has 1 atom stereocenters. The van der Waals surface area contributed by atoms with Gasteiger partial charge >= 0.3 is 6.09 Å². The predicted molar refractivity (Wildman–Crippen MR) is 80.3 cm³/mol. The summed E-state index contributed by atoms with van der Waals surface area (Å²) in [5.41, 5.74) is -0.470. The second-order valence-electron chi connectivity index (χ2n) is 6.00. The molecule has 4 heteroatoms. The SMILES string of the molecule is C#CCCC(=O)[C@@H](C)CCCCNC(=O)OC(C)(C)C. The van der Waals surface area contributed by atoms with E-state index in [4.69, 9.17) is 11.2 Å². The monoisotopic (exact) mass is 281 g/mol. The fraction of sp³-hybridized carbons (Fsp3) is 0.750. The van der Waals surface area contributed by atoms with Gasteiger partial charge < -0.3 is 10.1 Å². The molecule has 114 valence electrons. The van der Waals surface area contributed by atoms with Crippen LogP contribution in [-0.4, -0.2) is 24.0 Å². The Bertz CT molecular complexity index is 350. The van der Waals surface area contributed by atoms with Crippen molar-refractivity contribution in [3.8, 4) is 12.3 Å². The first-order valence-corrected chi connectivity index (χ1v) is 7.19. The summed E-state index contributed by atoms with van der Waals surface area (Å²) in [6, 6.07) is 0. The molecule has 1 amide bonds. The zero-order valence-corrected chi connectivity index (χ0v) is 13.1. The molecular formula is C16H27NO3. The topological polar surface area (TPSA) is 55.4 Å². The summed E-state index contributed by atoms with van der Waals surface area (Å²) in [7, 11) is 0. The summed E-state index contributed by atoms with van der Waals surface area (Å²) in [5, 5.41) is 2.70. The van der Waals surface area contributed by atoms with Crippen molar-refractivity contribution in [2.24, 2.45) is 5.92 Å². The van der Waals surface area contributed by atoms with Crippen LogP contribution in [0.25, 0.3) is 0 Å². The molecule has 0 aromatic heterocycles. The number of unbranched alkanes of at least 4 members (excludes halogenated alkanes) is 1. The van der Waals surface area contributed by atoms with Gasteiger partial charge in [0.1, 0.15) is 11.4 Å². The van der Waals surface area contributed by atoms with Gasteiger partial charge in [-0.05, 0) is 33.6 Å². The molecule has 0 aliphatic carbocycles. The number of Topliss-reactive ketones (excluding diaryl/α,β-unsaturated/α-hetero) is 1. The lowest BCUT2D eigenvalue weighted by Crippen LogP contribution is -2.33. The lowest BCUT2D eigenvalue weighted by molar-refractivity contribution is -0.122. The molecule has 0 aromatic rings. The first-order valence-electron chi connectivity index (χ1n) is 7.19. The van der Waals surface area contributed by atoms with Gasteiger partial charge in [0.15, 0.2) is 0 Å². The van der Waals surface area contributed by atoms with E-state index in [1.165, 1.54) is 0 Å². The Morgan fingerprint density at radius 1 is 1.30 bits per heavy atom. The molecule has 0 spiro atoms. The highest BCUT2D eigenvalue weighted by Crippen LogP contribution is 2.12. The molecular weight excluding hydrogens is 254 g/mol. The van der Waals surface area contributed by atoms with Gasteiger partial charge in [-0.25, -0.2) is 4.79 Å². The van der Waals surface area contributed by atoms with Crippen molar-refractivity contribution in [3.63, 3.8) is 0 Å². The molecule has 0 fully saturated rings. The Morgan fingerprint density at radius 3 is 2.50 bits per heavy atom. The maximum atomic E-state index is 11.6. The Labute approximate surface area is 122 Å². The predicted octanol–water partition coefficient (Wildman–Crippen LogP) is 3.30. The maximum Gasteiger partial charge on any atom is 0.407 e. The van der Waals surface area contributed by atoms with Crippen molar-refractivity contribution in [3.05, 3.63) is 0 Å². The zero-order chi connectivity index (χ0) is 15.6. The second kappa shape index (κ2) is 9.41. The van der Waals surface area contributed by atoms with Crippen LogP contribution in [0.5, 0.6) is 0 Å². The van der Waals surface area contributed by atoms with Crippen molar-refractivity contribution >= 4 is 11.9 Å². The molecule has 0 aliphatic rings. The normalized spacial score (nSPS) is 12.3. The first kappa shape index (κ1) is 18.5. The average molecular weight is 281 g/mol. The minimum Gasteiger partial charge on any atom is -0.444 e. The van der Waals surface area contributed by atoms with Gasteiger partial charge in [-0.1, -0.05) is 13.3 Å². The lowest BCUT2D eigenvalue weighted by Gasteiger charge is -2.19. The molecule has 1 N–H and O–H groups in total. The number of carbonyl (C=O) groups excluding carboxylic acids is 2. The van der Waals surface area contributed by atoms with Gasteiger partial charge in [-0.3, -0.25) is 4.79 Å². The molecule has 0 aromatic carbocycles. The quantitative estimate of drug-likeness (QED) is 0.548. The number of alkyl carbamates (subject to hydrolysis) is 1. The van der Waals surface area contributed by atoms with Crippen LogP contribution in [0, 0.1) is 18.3 Å². The van der Waals surface area contributed by atoms with E-state index < -0.39 is 11.7 Å². The Morgan fingerprint density at radius 2 is 1.95 bits per heavy atom. The standard InChI is InChI=1S/C16H27NO3/c1-6-7-11-14(18)13(2)10-8-9-12-17-15(19)20-16(3,4)5/h1,13H,7-12H2,2-5H3,(H,17,19)/t13-/m0/s1. The zero-order valence-electron chi connectivity index (χ0n) is 13.1.